The van der Waals surface area contributed by atoms with Crippen molar-refractivity contribution in [1.29, 1.82) is 0 Å². The number of fused-ring (bicyclic) bond motifs is 10. The molecule has 60 heavy (non-hydrogen) atoms. The van der Waals surface area contributed by atoms with Gasteiger partial charge in [-0.05, 0) is 104 Å². The van der Waals surface area contributed by atoms with Crippen molar-refractivity contribution in [2.75, 3.05) is 4.90 Å². The second-order valence-corrected chi connectivity index (χ2v) is 17.7. The van der Waals surface area contributed by atoms with Gasteiger partial charge in [-0.1, -0.05) is 173 Å². The molecule has 0 bridgehead atoms. The van der Waals surface area contributed by atoms with Crippen molar-refractivity contribution in [3.05, 3.63) is 216 Å². The molecular formula is C58H44N2. The number of para-hydroxylation sites is 2. The van der Waals surface area contributed by atoms with Crippen LogP contribution in [0.25, 0.3) is 71.6 Å². The van der Waals surface area contributed by atoms with Crippen LogP contribution in [0.4, 0.5) is 17.1 Å². The molecule has 0 fully saturated rings. The standard InChI is InChI=1S/C58H44N2/c1-57(2)47-22-9-5-19-44(47)55-49(57)24-14-28-53(55)60(54-29-15-25-50-56(54)45-20-6-10-23-48(45)58(50,3)4)40-35-32-37-16-13-21-41(46(37)36-40)38-30-33-39(34-31-38)59-51-26-11-7-17-42(51)43-18-8-12-27-52(43)59/h5-36H,1-4H3. The predicted molar refractivity (Wildman–Crippen MR) is 254 cm³/mol. The molecule has 0 saturated carbocycles. The van der Waals surface area contributed by atoms with E-state index in [0.717, 1.165) is 11.4 Å². The normalized spacial score (nSPS) is 14.3. The van der Waals surface area contributed by atoms with Crippen molar-refractivity contribution in [3.8, 4) is 39.1 Å². The third kappa shape index (κ3) is 4.82. The first kappa shape index (κ1) is 34.8. The molecule has 1 heterocycles. The summed E-state index contributed by atoms with van der Waals surface area (Å²) in [7, 11) is 0. The maximum atomic E-state index is 2.57. The van der Waals surface area contributed by atoms with Crippen LogP contribution in [0, 0.1) is 0 Å². The summed E-state index contributed by atoms with van der Waals surface area (Å²) >= 11 is 0. The Morgan fingerprint density at radius 1 is 0.383 bits per heavy atom. The van der Waals surface area contributed by atoms with Crippen molar-refractivity contribution in [2.24, 2.45) is 0 Å². The Labute approximate surface area is 351 Å². The van der Waals surface area contributed by atoms with Crippen LogP contribution in [0.2, 0.25) is 0 Å². The van der Waals surface area contributed by atoms with Crippen molar-refractivity contribution in [2.45, 2.75) is 38.5 Å². The van der Waals surface area contributed by atoms with Crippen LogP contribution < -0.4 is 4.90 Å². The van der Waals surface area contributed by atoms with Gasteiger partial charge in [0.2, 0.25) is 0 Å². The molecule has 0 N–H and O–H groups in total. The highest BCUT2D eigenvalue weighted by molar-refractivity contribution is 6.09. The average molecular weight is 769 g/mol. The van der Waals surface area contributed by atoms with Crippen LogP contribution in [0.1, 0.15) is 49.9 Å². The van der Waals surface area contributed by atoms with E-state index >= 15 is 0 Å². The lowest BCUT2D eigenvalue weighted by atomic mass is 9.82. The minimum absolute atomic E-state index is 0.122. The second-order valence-electron chi connectivity index (χ2n) is 17.7. The minimum atomic E-state index is -0.122. The summed E-state index contributed by atoms with van der Waals surface area (Å²) in [5, 5.41) is 4.99. The average Bonchev–Trinajstić information content (AvgIpc) is 3.84. The molecule has 0 saturated heterocycles. The van der Waals surface area contributed by atoms with Crippen molar-refractivity contribution >= 4 is 49.6 Å². The van der Waals surface area contributed by atoms with E-state index < -0.39 is 0 Å². The Kier molecular flexibility index (Phi) is 7.36. The highest BCUT2D eigenvalue weighted by Crippen LogP contribution is 2.58. The third-order valence-corrected chi connectivity index (χ3v) is 13.8. The lowest BCUT2D eigenvalue weighted by molar-refractivity contribution is 0.660. The summed E-state index contributed by atoms with van der Waals surface area (Å²) < 4.78 is 2.39. The van der Waals surface area contributed by atoms with Gasteiger partial charge in [0.15, 0.2) is 0 Å². The molecule has 0 atom stereocenters. The van der Waals surface area contributed by atoms with Crippen LogP contribution >= 0.6 is 0 Å². The lowest BCUT2D eigenvalue weighted by Gasteiger charge is -2.31. The van der Waals surface area contributed by atoms with Gasteiger partial charge in [0.25, 0.3) is 0 Å². The number of rotatable bonds is 5. The Morgan fingerprint density at radius 3 is 1.45 bits per heavy atom. The summed E-state index contributed by atoms with van der Waals surface area (Å²) in [6.07, 6.45) is 0. The van der Waals surface area contributed by atoms with Crippen molar-refractivity contribution in [3.63, 3.8) is 0 Å². The van der Waals surface area contributed by atoms with E-state index in [4.69, 9.17) is 0 Å². The number of anilines is 3. The molecule has 0 radical (unpaired) electrons. The van der Waals surface area contributed by atoms with E-state index in [9.17, 15) is 0 Å². The number of hydrogen-bond donors (Lipinski definition) is 0. The summed E-state index contributed by atoms with van der Waals surface area (Å²) in [6, 6.07) is 72.3. The van der Waals surface area contributed by atoms with Gasteiger partial charge in [-0.15, -0.1) is 0 Å². The molecule has 2 aliphatic carbocycles. The van der Waals surface area contributed by atoms with Gasteiger partial charge in [-0.2, -0.15) is 0 Å². The first-order valence-electron chi connectivity index (χ1n) is 21.2. The summed E-state index contributed by atoms with van der Waals surface area (Å²) in [4.78, 5) is 2.57. The number of hydrogen-bond acceptors (Lipinski definition) is 1. The predicted octanol–water partition coefficient (Wildman–Crippen LogP) is 15.7. The summed E-state index contributed by atoms with van der Waals surface area (Å²) in [5.74, 6) is 0. The van der Waals surface area contributed by atoms with Crippen LogP contribution in [0.5, 0.6) is 0 Å². The monoisotopic (exact) mass is 768 g/mol. The zero-order chi connectivity index (χ0) is 40.3. The van der Waals surface area contributed by atoms with Gasteiger partial charge >= 0.3 is 0 Å². The van der Waals surface area contributed by atoms with Gasteiger partial charge in [-0.3, -0.25) is 0 Å². The Hall–Kier alpha value is -7.16. The fourth-order valence-corrected chi connectivity index (χ4v) is 10.9. The fourth-order valence-electron chi connectivity index (χ4n) is 10.9. The smallest absolute Gasteiger partial charge is 0.0543 e. The van der Waals surface area contributed by atoms with E-state index in [2.05, 4.69) is 231 Å². The Morgan fingerprint density at radius 2 is 0.867 bits per heavy atom. The van der Waals surface area contributed by atoms with E-state index in [1.165, 1.54) is 99.6 Å². The number of nitrogens with zero attached hydrogens (tertiary/aromatic N) is 2. The maximum Gasteiger partial charge on any atom is 0.0543 e. The molecule has 0 amide bonds. The third-order valence-electron chi connectivity index (χ3n) is 13.8. The zero-order valence-corrected chi connectivity index (χ0v) is 34.4. The molecule has 2 nitrogen and oxygen atoms in total. The fraction of sp³-hybridized carbons (Fsp3) is 0.103. The Balaban J connectivity index is 1.07. The van der Waals surface area contributed by atoms with Crippen LogP contribution in [-0.2, 0) is 10.8 Å². The first-order valence-corrected chi connectivity index (χ1v) is 21.2. The van der Waals surface area contributed by atoms with Gasteiger partial charge in [0.05, 0.1) is 22.4 Å². The van der Waals surface area contributed by atoms with Crippen LogP contribution in [0.15, 0.2) is 194 Å². The van der Waals surface area contributed by atoms with Crippen LogP contribution in [-0.4, -0.2) is 4.57 Å². The van der Waals surface area contributed by atoms with Gasteiger partial charge in [-0.25, -0.2) is 0 Å². The quantitative estimate of drug-likeness (QED) is 0.169. The largest absolute Gasteiger partial charge is 0.309 e. The van der Waals surface area contributed by atoms with Crippen molar-refractivity contribution < 1.29 is 0 Å². The molecule has 9 aromatic carbocycles. The zero-order valence-electron chi connectivity index (χ0n) is 34.4. The molecule has 0 spiro atoms. The maximum absolute atomic E-state index is 2.57. The molecule has 2 heteroatoms. The molecule has 2 aliphatic rings. The second kappa shape index (κ2) is 12.7. The minimum Gasteiger partial charge on any atom is -0.309 e. The SMILES string of the molecule is CC1(C)c2ccccc2-c2c(N(c3ccc4cccc(-c5ccc(-n6c7ccccc7c7ccccc76)cc5)c4c3)c3cccc4c3-c3ccccc3C4(C)C)cccc21. The molecule has 286 valence electrons. The van der Waals surface area contributed by atoms with Crippen molar-refractivity contribution in [1.82, 2.24) is 4.57 Å². The van der Waals surface area contributed by atoms with Gasteiger partial charge in [0.1, 0.15) is 0 Å². The molecule has 0 unspecified atom stereocenters. The topological polar surface area (TPSA) is 8.17 Å². The van der Waals surface area contributed by atoms with E-state index in [0.29, 0.717) is 0 Å². The first-order chi connectivity index (χ1) is 29.3. The van der Waals surface area contributed by atoms with Crippen LogP contribution in [0.3, 0.4) is 0 Å². The van der Waals surface area contributed by atoms with Gasteiger partial charge < -0.3 is 9.47 Å². The molecular weight excluding hydrogens is 725 g/mol. The number of benzene rings is 9. The molecule has 10 aromatic rings. The van der Waals surface area contributed by atoms with Gasteiger partial charge in [0, 0.05) is 44.1 Å². The van der Waals surface area contributed by atoms with E-state index in [1.807, 2.05) is 0 Å². The highest BCUT2D eigenvalue weighted by atomic mass is 15.1. The molecule has 12 rings (SSSR count). The number of aromatic nitrogens is 1. The highest BCUT2D eigenvalue weighted by Gasteiger charge is 2.40. The molecule has 0 aliphatic heterocycles. The summed E-state index contributed by atoms with van der Waals surface area (Å²) in [6.45, 7) is 9.50. The Bertz CT molecular complexity index is 3220. The summed E-state index contributed by atoms with van der Waals surface area (Å²) in [5.41, 5.74) is 20.1. The molecule has 1 aromatic heterocycles. The lowest BCUT2D eigenvalue weighted by Crippen LogP contribution is -2.17. The van der Waals surface area contributed by atoms with E-state index in [-0.39, 0.29) is 10.8 Å². The van der Waals surface area contributed by atoms with E-state index in [1.54, 1.807) is 0 Å².